The molecule has 0 unspecified atom stereocenters. The Morgan fingerprint density at radius 2 is 0.824 bits per heavy atom. The lowest BCUT2D eigenvalue weighted by atomic mass is 10.3. The number of para-hydroxylation sites is 2. The van der Waals surface area contributed by atoms with Gasteiger partial charge in [0.2, 0.25) is 0 Å². The molecule has 0 fully saturated rings. The maximum atomic E-state index is 14.8. The summed E-state index contributed by atoms with van der Waals surface area (Å²) in [6.45, 7) is 0. The molecule has 0 heterocycles. The van der Waals surface area contributed by atoms with Crippen molar-refractivity contribution in [1.82, 2.24) is 0 Å². The standard InChI is InChI=1S/C28H28O4P2/c1-31-25-17-9-11-19-27(25)33(29,23-13-5-3-6-14-23)21-22-34(30,24-15-7-4-8-16-24)28-20-12-10-18-26(28)32-2/h3-20H,21-22H2,1-2H3/t33-,34-/m1/s1. The van der Waals surface area contributed by atoms with Crippen LogP contribution in [0.3, 0.4) is 0 Å². The van der Waals surface area contributed by atoms with Gasteiger partial charge in [-0.2, -0.15) is 0 Å². The summed E-state index contributed by atoms with van der Waals surface area (Å²) in [6.07, 6.45) is 0.448. The summed E-state index contributed by atoms with van der Waals surface area (Å²) in [5, 5.41) is 2.73. The molecular weight excluding hydrogens is 462 g/mol. The Morgan fingerprint density at radius 1 is 0.500 bits per heavy atom. The zero-order valence-corrected chi connectivity index (χ0v) is 21.1. The van der Waals surface area contributed by atoms with Crippen molar-refractivity contribution in [3.63, 3.8) is 0 Å². The van der Waals surface area contributed by atoms with E-state index in [1.165, 1.54) is 0 Å². The molecule has 0 aliphatic heterocycles. The molecule has 0 aromatic heterocycles. The second kappa shape index (κ2) is 10.5. The van der Waals surface area contributed by atoms with E-state index in [0.29, 0.717) is 22.1 Å². The average molecular weight is 490 g/mol. The maximum absolute atomic E-state index is 14.8. The SMILES string of the molecule is COc1ccccc1[P@@](=O)(CC[P@@](=O)(c1ccccc1)c1ccccc1OC)c1ccccc1. The van der Waals surface area contributed by atoms with E-state index in [4.69, 9.17) is 9.47 Å². The summed E-state index contributed by atoms with van der Waals surface area (Å²) < 4.78 is 40.8. The van der Waals surface area contributed by atoms with E-state index < -0.39 is 14.3 Å². The molecule has 0 saturated carbocycles. The zero-order valence-electron chi connectivity index (χ0n) is 19.3. The van der Waals surface area contributed by atoms with Crippen molar-refractivity contribution in [1.29, 1.82) is 0 Å². The summed E-state index contributed by atoms with van der Waals surface area (Å²) in [7, 11) is -3.19. The highest BCUT2D eigenvalue weighted by atomic mass is 31.2. The van der Waals surface area contributed by atoms with Gasteiger partial charge in [-0.3, -0.25) is 0 Å². The molecule has 0 aliphatic carbocycles. The minimum absolute atomic E-state index is 0.224. The van der Waals surface area contributed by atoms with Gasteiger partial charge in [-0.05, 0) is 24.3 Å². The summed E-state index contributed by atoms with van der Waals surface area (Å²) in [5.41, 5.74) is 0. The molecule has 174 valence electrons. The van der Waals surface area contributed by atoms with Gasteiger partial charge in [0.15, 0.2) is 0 Å². The summed E-state index contributed by atoms with van der Waals surface area (Å²) in [5.74, 6) is 1.14. The molecule has 0 aliphatic rings. The van der Waals surface area contributed by atoms with Crippen LogP contribution in [0.25, 0.3) is 0 Å². The third kappa shape index (κ3) is 4.62. The van der Waals surface area contributed by atoms with Gasteiger partial charge < -0.3 is 18.6 Å². The van der Waals surface area contributed by atoms with Crippen LogP contribution in [-0.2, 0) is 9.13 Å². The smallest absolute Gasteiger partial charge is 0.147 e. The van der Waals surface area contributed by atoms with Crippen molar-refractivity contribution in [2.45, 2.75) is 0 Å². The molecule has 4 aromatic carbocycles. The lowest BCUT2D eigenvalue weighted by Gasteiger charge is -2.26. The lowest BCUT2D eigenvalue weighted by Crippen LogP contribution is -2.26. The minimum Gasteiger partial charge on any atom is -0.496 e. The summed E-state index contributed by atoms with van der Waals surface area (Å²) in [4.78, 5) is 0. The Kier molecular flexibility index (Phi) is 7.41. The Hall–Kier alpha value is -3.06. The van der Waals surface area contributed by atoms with E-state index in [9.17, 15) is 9.13 Å². The van der Waals surface area contributed by atoms with E-state index >= 15 is 0 Å². The first-order valence-electron chi connectivity index (χ1n) is 11.1. The zero-order chi connectivity index (χ0) is 24.0. The third-order valence-corrected chi connectivity index (χ3v) is 12.6. The van der Waals surface area contributed by atoms with Crippen molar-refractivity contribution in [3.8, 4) is 11.5 Å². The first-order valence-corrected chi connectivity index (χ1v) is 14.9. The van der Waals surface area contributed by atoms with Crippen molar-refractivity contribution < 1.29 is 18.6 Å². The van der Waals surface area contributed by atoms with Crippen LogP contribution in [0.4, 0.5) is 0 Å². The normalized spacial score (nSPS) is 14.5. The highest BCUT2D eigenvalue weighted by Gasteiger charge is 2.36. The maximum Gasteiger partial charge on any atom is 0.147 e. The number of hydrogen-bond donors (Lipinski definition) is 0. The van der Waals surface area contributed by atoms with Crippen molar-refractivity contribution in [2.24, 2.45) is 0 Å². The largest absolute Gasteiger partial charge is 0.496 e. The topological polar surface area (TPSA) is 52.6 Å². The van der Waals surface area contributed by atoms with Crippen LogP contribution in [0.15, 0.2) is 109 Å². The molecule has 34 heavy (non-hydrogen) atoms. The second-order valence-corrected chi connectivity index (χ2v) is 13.8. The fourth-order valence-corrected chi connectivity index (χ4v) is 11.1. The second-order valence-electron chi connectivity index (χ2n) is 7.94. The fourth-order valence-electron chi connectivity index (χ4n) is 4.25. The average Bonchev–Trinajstić information content (AvgIpc) is 2.92. The highest BCUT2D eigenvalue weighted by molar-refractivity contribution is 7.82. The van der Waals surface area contributed by atoms with Gasteiger partial charge in [0.05, 0.1) is 24.8 Å². The molecule has 0 saturated heterocycles. The van der Waals surface area contributed by atoms with E-state index in [0.717, 1.165) is 10.6 Å². The van der Waals surface area contributed by atoms with Crippen LogP contribution >= 0.6 is 14.3 Å². The van der Waals surface area contributed by atoms with Crippen LogP contribution in [0.1, 0.15) is 0 Å². The van der Waals surface area contributed by atoms with Crippen LogP contribution in [0.2, 0.25) is 0 Å². The number of methoxy groups -OCH3 is 2. The Labute approximate surface area is 201 Å². The molecule has 4 rings (SSSR count). The Morgan fingerprint density at radius 3 is 1.18 bits per heavy atom. The minimum atomic E-state index is -3.18. The van der Waals surface area contributed by atoms with Crippen molar-refractivity contribution >= 4 is 35.5 Å². The Balaban J connectivity index is 1.86. The van der Waals surface area contributed by atoms with Gasteiger partial charge in [-0.15, -0.1) is 0 Å². The first kappa shape index (κ1) is 24.1. The summed E-state index contributed by atoms with van der Waals surface area (Å²) >= 11 is 0. The predicted molar refractivity (Wildman–Crippen MR) is 142 cm³/mol. The number of hydrogen-bond acceptors (Lipinski definition) is 4. The molecule has 0 N–H and O–H groups in total. The molecule has 0 radical (unpaired) electrons. The van der Waals surface area contributed by atoms with Crippen LogP contribution in [0.5, 0.6) is 11.5 Å². The molecule has 4 aromatic rings. The molecule has 2 atom stereocenters. The fraction of sp³-hybridized carbons (Fsp3) is 0.143. The quantitative estimate of drug-likeness (QED) is 0.309. The molecule has 6 heteroatoms. The number of benzene rings is 4. The molecule has 0 bridgehead atoms. The number of rotatable bonds is 9. The highest BCUT2D eigenvalue weighted by Crippen LogP contribution is 2.53. The summed E-state index contributed by atoms with van der Waals surface area (Å²) in [6, 6.07) is 33.7. The predicted octanol–water partition coefficient (Wildman–Crippen LogP) is 5.03. The third-order valence-electron chi connectivity index (χ3n) is 6.02. The lowest BCUT2D eigenvalue weighted by molar-refractivity contribution is 0.417. The monoisotopic (exact) mass is 490 g/mol. The molecule has 4 nitrogen and oxygen atoms in total. The van der Waals surface area contributed by atoms with Crippen LogP contribution in [0, 0.1) is 0 Å². The van der Waals surface area contributed by atoms with Crippen LogP contribution < -0.4 is 30.7 Å². The number of ether oxygens (including phenoxy) is 2. The van der Waals surface area contributed by atoms with Crippen LogP contribution in [-0.4, -0.2) is 26.5 Å². The Bertz CT molecular complexity index is 1230. The molecular formula is C28H28O4P2. The van der Waals surface area contributed by atoms with Gasteiger partial charge in [-0.25, -0.2) is 0 Å². The van der Waals surface area contributed by atoms with Gasteiger partial charge in [-0.1, -0.05) is 84.9 Å². The van der Waals surface area contributed by atoms with Crippen molar-refractivity contribution in [3.05, 3.63) is 109 Å². The van der Waals surface area contributed by atoms with E-state index in [2.05, 4.69) is 0 Å². The van der Waals surface area contributed by atoms with E-state index in [1.807, 2.05) is 109 Å². The van der Waals surface area contributed by atoms with E-state index in [-0.39, 0.29) is 12.3 Å². The van der Waals surface area contributed by atoms with Gasteiger partial charge in [0, 0.05) is 22.9 Å². The first-order chi connectivity index (χ1) is 16.5. The van der Waals surface area contributed by atoms with E-state index in [1.54, 1.807) is 14.2 Å². The van der Waals surface area contributed by atoms with Gasteiger partial charge >= 0.3 is 0 Å². The van der Waals surface area contributed by atoms with Gasteiger partial charge in [0.1, 0.15) is 25.8 Å². The van der Waals surface area contributed by atoms with Crippen molar-refractivity contribution in [2.75, 3.05) is 26.5 Å². The molecule has 0 spiro atoms. The van der Waals surface area contributed by atoms with Gasteiger partial charge in [0.25, 0.3) is 0 Å². The molecule has 0 amide bonds.